The first-order valence-electron chi connectivity index (χ1n) is 7.05. The third-order valence-corrected chi connectivity index (χ3v) is 4.63. The van der Waals surface area contributed by atoms with Gasteiger partial charge in [0.2, 0.25) is 5.78 Å². The van der Waals surface area contributed by atoms with Crippen molar-refractivity contribution in [3.8, 4) is 5.75 Å². The zero-order valence-corrected chi connectivity index (χ0v) is 14.3. The van der Waals surface area contributed by atoms with Crippen LogP contribution in [0.25, 0.3) is 0 Å². The fourth-order valence-electron chi connectivity index (χ4n) is 2.11. The zero-order valence-electron chi connectivity index (χ0n) is 12.7. The number of nitrogens with one attached hydrogen (secondary N) is 1. The highest BCUT2D eigenvalue weighted by molar-refractivity contribution is 7.18. The molecule has 0 aliphatic rings. The Labute approximate surface area is 148 Å². The van der Waals surface area contributed by atoms with E-state index >= 15 is 0 Å². The third kappa shape index (κ3) is 3.34. The van der Waals surface area contributed by atoms with Crippen LogP contribution in [0, 0.1) is 0 Å². The molecule has 1 aromatic heterocycles. The van der Waals surface area contributed by atoms with Crippen molar-refractivity contribution in [2.24, 2.45) is 0 Å². The molecule has 0 atom stereocenters. The summed E-state index contributed by atoms with van der Waals surface area (Å²) in [5, 5.41) is 4.05. The number of hydrogen-bond acceptors (Lipinski definition) is 6. The molecule has 0 fully saturated rings. The van der Waals surface area contributed by atoms with Crippen molar-refractivity contribution < 1.29 is 9.53 Å². The van der Waals surface area contributed by atoms with Crippen molar-refractivity contribution in [2.45, 2.75) is 0 Å². The molecule has 3 rings (SSSR count). The Morgan fingerprint density at radius 1 is 1.21 bits per heavy atom. The van der Waals surface area contributed by atoms with Crippen molar-refractivity contribution in [2.75, 3.05) is 18.2 Å². The summed E-state index contributed by atoms with van der Waals surface area (Å²) < 4.78 is 5.12. The Morgan fingerprint density at radius 3 is 2.58 bits per heavy atom. The maximum absolute atomic E-state index is 12.6. The fourth-order valence-corrected chi connectivity index (χ4v) is 3.19. The van der Waals surface area contributed by atoms with Crippen LogP contribution in [0.4, 0.5) is 16.6 Å². The molecule has 5 nitrogen and oxygen atoms in total. The monoisotopic (exact) mass is 359 g/mol. The first-order valence-corrected chi connectivity index (χ1v) is 8.24. The number of ether oxygens (including phenoxy) is 1. The molecule has 0 aliphatic heterocycles. The molecule has 122 valence electrons. The summed E-state index contributed by atoms with van der Waals surface area (Å²) in [6.07, 6.45) is 0. The van der Waals surface area contributed by atoms with Gasteiger partial charge < -0.3 is 15.8 Å². The zero-order chi connectivity index (χ0) is 17.1. The molecule has 0 bridgehead atoms. The van der Waals surface area contributed by atoms with E-state index in [1.54, 1.807) is 31.4 Å². The number of carbonyl (C=O) groups is 1. The number of ketones is 1. The summed E-state index contributed by atoms with van der Waals surface area (Å²) in [6.45, 7) is 0. The molecular formula is C17H14ClN3O2S. The molecule has 0 spiro atoms. The number of benzene rings is 2. The number of nitrogens with two attached hydrogens (primary N) is 1. The van der Waals surface area contributed by atoms with Gasteiger partial charge in [-0.15, -0.1) is 0 Å². The van der Waals surface area contributed by atoms with Gasteiger partial charge in [0.05, 0.1) is 12.1 Å². The van der Waals surface area contributed by atoms with Gasteiger partial charge in [0.1, 0.15) is 16.4 Å². The molecular weight excluding hydrogens is 346 g/mol. The van der Waals surface area contributed by atoms with Gasteiger partial charge in [-0.05, 0) is 36.4 Å². The number of rotatable bonds is 5. The lowest BCUT2D eigenvalue weighted by molar-refractivity contribution is 0.104. The Hall–Kier alpha value is -2.57. The van der Waals surface area contributed by atoms with Crippen molar-refractivity contribution in [1.82, 2.24) is 4.98 Å². The van der Waals surface area contributed by atoms with Gasteiger partial charge in [-0.2, -0.15) is 0 Å². The molecule has 0 unspecified atom stereocenters. The van der Waals surface area contributed by atoms with Crippen LogP contribution in [0.3, 0.4) is 0 Å². The number of thiazole rings is 1. The van der Waals surface area contributed by atoms with E-state index in [9.17, 15) is 4.79 Å². The summed E-state index contributed by atoms with van der Waals surface area (Å²) >= 11 is 7.27. The normalized spacial score (nSPS) is 10.4. The Morgan fingerprint density at radius 2 is 1.92 bits per heavy atom. The Bertz CT molecular complexity index is 878. The second kappa shape index (κ2) is 6.90. The average Bonchev–Trinajstić information content (AvgIpc) is 2.96. The Kier molecular flexibility index (Phi) is 4.69. The second-order valence-corrected chi connectivity index (χ2v) is 6.30. The summed E-state index contributed by atoms with van der Waals surface area (Å²) in [5.41, 5.74) is 7.13. The molecule has 0 saturated heterocycles. The molecule has 0 saturated carbocycles. The van der Waals surface area contributed by atoms with Crippen LogP contribution in [0.2, 0.25) is 5.02 Å². The minimum atomic E-state index is -0.238. The molecule has 3 N–H and O–H groups in total. The first kappa shape index (κ1) is 16.3. The van der Waals surface area contributed by atoms with E-state index in [2.05, 4.69) is 10.3 Å². The highest BCUT2D eigenvalue weighted by Crippen LogP contribution is 2.31. The van der Waals surface area contributed by atoms with Crippen LogP contribution >= 0.6 is 22.9 Å². The highest BCUT2D eigenvalue weighted by atomic mass is 35.5. The molecule has 0 radical (unpaired) electrons. The second-order valence-electron chi connectivity index (χ2n) is 4.90. The topological polar surface area (TPSA) is 77.2 Å². The van der Waals surface area contributed by atoms with Crippen LogP contribution in [0.1, 0.15) is 15.2 Å². The number of halogens is 1. The number of nitrogen functional groups attached to an aromatic ring is 1. The van der Waals surface area contributed by atoms with Crippen molar-refractivity contribution in [3.05, 3.63) is 64.0 Å². The first-order chi connectivity index (χ1) is 11.6. The molecule has 24 heavy (non-hydrogen) atoms. The number of carbonyl (C=O) groups excluding carboxylic acids is 1. The van der Waals surface area contributed by atoms with E-state index in [1.165, 1.54) is 11.3 Å². The van der Waals surface area contributed by atoms with Gasteiger partial charge in [0, 0.05) is 11.3 Å². The lowest BCUT2D eigenvalue weighted by atomic mass is 10.1. The lowest BCUT2D eigenvalue weighted by Gasteiger charge is -2.03. The molecule has 0 amide bonds. The smallest absolute Gasteiger partial charge is 0.208 e. The van der Waals surface area contributed by atoms with Gasteiger partial charge in [0.25, 0.3) is 0 Å². The standard InChI is InChI=1S/C17H14ClN3O2S/c1-23-11-8-6-10(7-9-11)20-17-21-16(19)15(24-17)14(22)12-4-2-3-5-13(12)18/h2-9H,19H2,1H3,(H,20,21). The van der Waals surface area contributed by atoms with E-state index in [0.29, 0.717) is 20.6 Å². The maximum atomic E-state index is 12.6. The molecule has 2 aromatic carbocycles. The predicted octanol–water partition coefficient (Wildman–Crippen LogP) is 4.36. The average molecular weight is 360 g/mol. The van der Waals surface area contributed by atoms with E-state index < -0.39 is 0 Å². The summed E-state index contributed by atoms with van der Waals surface area (Å²) in [5.74, 6) is 0.702. The maximum Gasteiger partial charge on any atom is 0.208 e. The minimum absolute atomic E-state index is 0.181. The van der Waals surface area contributed by atoms with Gasteiger partial charge in [0.15, 0.2) is 5.13 Å². The van der Waals surface area contributed by atoms with Crippen LogP contribution in [-0.4, -0.2) is 17.9 Å². The van der Waals surface area contributed by atoms with Crippen LogP contribution in [0.5, 0.6) is 5.75 Å². The lowest BCUT2D eigenvalue weighted by Crippen LogP contribution is -2.03. The third-order valence-electron chi connectivity index (χ3n) is 3.32. The van der Waals surface area contributed by atoms with E-state index in [4.69, 9.17) is 22.1 Å². The fraction of sp³-hybridized carbons (Fsp3) is 0.0588. The van der Waals surface area contributed by atoms with Crippen molar-refractivity contribution in [1.29, 1.82) is 0 Å². The van der Waals surface area contributed by atoms with Gasteiger partial charge in [-0.25, -0.2) is 4.98 Å². The number of anilines is 3. The van der Waals surface area contributed by atoms with Crippen LogP contribution < -0.4 is 15.8 Å². The SMILES string of the molecule is COc1ccc(Nc2nc(N)c(C(=O)c3ccccc3Cl)s2)cc1. The van der Waals surface area contributed by atoms with Crippen molar-refractivity contribution >= 4 is 45.4 Å². The van der Waals surface area contributed by atoms with E-state index in [-0.39, 0.29) is 11.6 Å². The van der Waals surface area contributed by atoms with E-state index in [1.807, 2.05) is 24.3 Å². The molecule has 0 aliphatic carbocycles. The van der Waals surface area contributed by atoms with Crippen LogP contribution in [0.15, 0.2) is 48.5 Å². The summed E-state index contributed by atoms with van der Waals surface area (Å²) in [4.78, 5) is 17.2. The summed E-state index contributed by atoms with van der Waals surface area (Å²) in [7, 11) is 1.61. The van der Waals surface area contributed by atoms with Crippen molar-refractivity contribution in [3.63, 3.8) is 0 Å². The minimum Gasteiger partial charge on any atom is -0.497 e. The van der Waals surface area contributed by atoms with Gasteiger partial charge >= 0.3 is 0 Å². The molecule has 1 heterocycles. The largest absolute Gasteiger partial charge is 0.497 e. The van der Waals surface area contributed by atoms with Gasteiger partial charge in [-0.1, -0.05) is 35.1 Å². The van der Waals surface area contributed by atoms with E-state index in [0.717, 1.165) is 11.4 Å². The molecule has 3 aromatic rings. The quantitative estimate of drug-likeness (QED) is 0.662. The summed E-state index contributed by atoms with van der Waals surface area (Å²) in [6, 6.07) is 14.2. The van der Waals surface area contributed by atoms with Gasteiger partial charge in [-0.3, -0.25) is 4.79 Å². The Balaban J connectivity index is 1.84. The predicted molar refractivity (Wildman–Crippen MR) is 97.7 cm³/mol. The number of nitrogens with zero attached hydrogens (tertiary/aromatic N) is 1. The number of aromatic nitrogens is 1. The highest BCUT2D eigenvalue weighted by Gasteiger charge is 2.20. The van der Waals surface area contributed by atoms with Crippen LogP contribution in [-0.2, 0) is 0 Å². The number of hydrogen-bond donors (Lipinski definition) is 2. The molecule has 7 heteroatoms. The number of methoxy groups -OCH3 is 1.